The smallest absolute Gasteiger partial charge is 0.417 e. The molecule has 3 rings (SSSR count). The molecule has 1 aromatic carbocycles. The number of esters is 1. The molecule has 2 aromatic heterocycles. The number of benzene rings is 1. The van der Waals surface area contributed by atoms with Gasteiger partial charge in [0.2, 0.25) is 0 Å². The summed E-state index contributed by atoms with van der Waals surface area (Å²) in [6.07, 6.45) is -2.28. The second kappa shape index (κ2) is 9.99. The van der Waals surface area contributed by atoms with Crippen molar-refractivity contribution in [1.29, 1.82) is 0 Å². The maximum absolute atomic E-state index is 13.1. The van der Waals surface area contributed by atoms with Crippen LogP contribution < -0.4 is 5.32 Å². The van der Waals surface area contributed by atoms with Gasteiger partial charge in [-0.05, 0) is 42.5 Å². The van der Waals surface area contributed by atoms with Gasteiger partial charge in [-0.15, -0.1) is 0 Å². The number of anilines is 2. The number of carbonyl (C=O) groups excluding carboxylic acids is 1. The lowest BCUT2D eigenvalue weighted by molar-refractivity contribution is -0.137. The molecule has 0 amide bonds. The minimum Gasteiger partial charge on any atom is -0.465 e. The first-order valence-corrected chi connectivity index (χ1v) is 11.4. The number of pyridine rings is 1. The van der Waals surface area contributed by atoms with Crippen LogP contribution in [0, 0.1) is 5.92 Å². The number of ether oxygens (including phenoxy) is 1. The molecule has 3 aromatic rings. The molecule has 0 fully saturated rings. The van der Waals surface area contributed by atoms with Gasteiger partial charge in [-0.25, -0.2) is 14.8 Å². The number of nitrogens with zero attached hydrogens (tertiary/aromatic N) is 2. The Morgan fingerprint density at radius 1 is 1.25 bits per heavy atom. The first-order valence-electron chi connectivity index (χ1n) is 9.76. The molecule has 0 radical (unpaired) electrons. The molecule has 0 aliphatic carbocycles. The summed E-state index contributed by atoms with van der Waals surface area (Å²) in [6, 6.07) is 8.53. The molecule has 0 saturated heterocycles. The maximum atomic E-state index is 13.1. The minimum atomic E-state index is -4.63. The third-order valence-corrected chi connectivity index (χ3v) is 6.20. The number of alkyl halides is 3. The Balaban J connectivity index is 2.00. The van der Waals surface area contributed by atoms with Crippen molar-refractivity contribution >= 4 is 44.2 Å². The van der Waals surface area contributed by atoms with Crippen molar-refractivity contribution in [3.63, 3.8) is 0 Å². The van der Waals surface area contributed by atoms with E-state index in [1.54, 1.807) is 0 Å². The fraction of sp³-hybridized carbons (Fsp3) is 0.318. The Bertz CT molecular complexity index is 1100. The van der Waals surface area contributed by atoms with Crippen LogP contribution in [0.1, 0.15) is 41.9 Å². The Labute approximate surface area is 196 Å². The van der Waals surface area contributed by atoms with E-state index in [-0.39, 0.29) is 11.4 Å². The van der Waals surface area contributed by atoms with Crippen molar-refractivity contribution in [3.8, 4) is 10.4 Å². The number of aromatic nitrogens is 2. The highest BCUT2D eigenvalue weighted by Crippen LogP contribution is 2.37. The van der Waals surface area contributed by atoms with E-state index in [0.717, 1.165) is 46.6 Å². The number of rotatable bonds is 7. The first-order chi connectivity index (χ1) is 15.1. The van der Waals surface area contributed by atoms with Crippen LogP contribution in [0.15, 0.2) is 41.0 Å². The van der Waals surface area contributed by atoms with Crippen molar-refractivity contribution < 1.29 is 22.7 Å². The highest BCUT2D eigenvalue weighted by Gasteiger charge is 2.33. The van der Waals surface area contributed by atoms with E-state index >= 15 is 0 Å². The largest absolute Gasteiger partial charge is 0.465 e. The lowest BCUT2D eigenvalue weighted by Gasteiger charge is -2.11. The van der Waals surface area contributed by atoms with Gasteiger partial charge in [-0.3, -0.25) is 0 Å². The van der Waals surface area contributed by atoms with Gasteiger partial charge in [-0.1, -0.05) is 53.2 Å². The second-order valence-electron chi connectivity index (χ2n) is 7.47. The van der Waals surface area contributed by atoms with E-state index in [2.05, 4.69) is 49.8 Å². The van der Waals surface area contributed by atoms with E-state index in [4.69, 9.17) is 0 Å². The van der Waals surface area contributed by atoms with Crippen molar-refractivity contribution in [2.24, 2.45) is 5.92 Å². The topological polar surface area (TPSA) is 64.1 Å². The molecule has 0 saturated carbocycles. The van der Waals surface area contributed by atoms with E-state index in [1.807, 2.05) is 24.3 Å². The Morgan fingerprint density at radius 3 is 2.53 bits per heavy atom. The molecule has 0 spiro atoms. The predicted molar refractivity (Wildman–Crippen MR) is 122 cm³/mol. The molecule has 0 aliphatic rings. The molecular formula is C22H21BrF3N3O2S. The van der Waals surface area contributed by atoms with Crippen LogP contribution in [-0.4, -0.2) is 23.0 Å². The molecule has 1 N–H and O–H groups in total. The second-order valence-corrected chi connectivity index (χ2v) is 9.38. The van der Waals surface area contributed by atoms with Crippen molar-refractivity contribution in [1.82, 2.24) is 9.97 Å². The molecule has 0 atom stereocenters. The zero-order chi connectivity index (χ0) is 23.5. The quantitative estimate of drug-likeness (QED) is 0.332. The Morgan fingerprint density at radius 2 is 1.94 bits per heavy atom. The van der Waals surface area contributed by atoms with Crippen LogP contribution >= 0.6 is 27.3 Å². The third-order valence-electron chi connectivity index (χ3n) is 4.61. The van der Waals surface area contributed by atoms with Crippen LogP contribution in [0.5, 0.6) is 0 Å². The van der Waals surface area contributed by atoms with Gasteiger partial charge in [0.05, 0.1) is 23.2 Å². The monoisotopic (exact) mass is 527 g/mol. The summed E-state index contributed by atoms with van der Waals surface area (Å²) < 4.78 is 44.9. The molecule has 2 heterocycles. The van der Waals surface area contributed by atoms with E-state index in [1.165, 1.54) is 11.3 Å². The minimum absolute atomic E-state index is 0.0450. The standard InChI is InChI=1S/C22H21BrF3N3O2S/c1-12(2)4-9-17-18(13-5-7-15(23)8-6-13)32-21(28-17)29-19-16(20(30)31-3)10-14(11-27-19)22(24,25)26/h5-8,10-12H,4,9H2,1-3H3,(H,27,28,29). The number of methoxy groups -OCH3 is 1. The van der Waals surface area contributed by atoms with Crippen LogP contribution in [0.3, 0.4) is 0 Å². The SMILES string of the molecule is COC(=O)c1cc(C(F)(F)F)cnc1Nc1nc(CCC(C)C)c(-c2ccc(Br)cc2)s1. The average Bonchev–Trinajstić information content (AvgIpc) is 3.14. The van der Waals surface area contributed by atoms with Crippen LogP contribution in [0.25, 0.3) is 10.4 Å². The van der Waals surface area contributed by atoms with Gasteiger partial charge in [-0.2, -0.15) is 13.2 Å². The van der Waals surface area contributed by atoms with Crippen molar-refractivity contribution in [2.75, 3.05) is 12.4 Å². The van der Waals surface area contributed by atoms with Crippen molar-refractivity contribution in [3.05, 3.63) is 57.8 Å². The van der Waals surface area contributed by atoms with Crippen LogP contribution in [0.2, 0.25) is 0 Å². The Hall–Kier alpha value is -2.46. The Kier molecular flexibility index (Phi) is 7.55. The number of aryl methyl sites for hydroxylation is 1. The average molecular weight is 528 g/mol. The summed E-state index contributed by atoms with van der Waals surface area (Å²) in [5, 5.41) is 3.34. The van der Waals surface area contributed by atoms with Crippen LogP contribution in [-0.2, 0) is 17.3 Å². The van der Waals surface area contributed by atoms with Crippen molar-refractivity contribution in [2.45, 2.75) is 32.9 Å². The summed E-state index contributed by atoms with van der Waals surface area (Å²) in [4.78, 5) is 21.6. The summed E-state index contributed by atoms with van der Waals surface area (Å²) in [7, 11) is 1.10. The molecule has 32 heavy (non-hydrogen) atoms. The number of thiazole rings is 1. The highest BCUT2D eigenvalue weighted by molar-refractivity contribution is 9.10. The fourth-order valence-electron chi connectivity index (χ4n) is 2.91. The molecule has 5 nitrogen and oxygen atoms in total. The molecule has 0 unspecified atom stereocenters. The number of halogens is 4. The summed E-state index contributed by atoms with van der Waals surface area (Å²) in [5.74, 6) is -0.486. The first kappa shape index (κ1) is 24.2. The van der Waals surface area contributed by atoms with Gasteiger partial charge in [0, 0.05) is 10.7 Å². The van der Waals surface area contributed by atoms with Gasteiger partial charge in [0.25, 0.3) is 0 Å². The van der Waals surface area contributed by atoms with Gasteiger partial charge < -0.3 is 10.1 Å². The molecule has 10 heteroatoms. The van der Waals surface area contributed by atoms with Crippen LogP contribution in [0.4, 0.5) is 24.1 Å². The number of carbonyl (C=O) groups is 1. The molecule has 170 valence electrons. The zero-order valence-electron chi connectivity index (χ0n) is 17.6. The number of hydrogen-bond donors (Lipinski definition) is 1. The third kappa shape index (κ3) is 5.86. The normalized spacial score (nSPS) is 11.6. The lowest BCUT2D eigenvalue weighted by atomic mass is 10.0. The van der Waals surface area contributed by atoms with E-state index in [0.29, 0.717) is 17.2 Å². The molecule has 0 aliphatic heterocycles. The van der Waals surface area contributed by atoms with Gasteiger partial charge in [0.15, 0.2) is 5.13 Å². The van der Waals surface area contributed by atoms with Gasteiger partial charge >= 0.3 is 12.1 Å². The van der Waals surface area contributed by atoms with E-state index < -0.39 is 17.7 Å². The number of hydrogen-bond acceptors (Lipinski definition) is 6. The summed E-state index contributed by atoms with van der Waals surface area (Å²) >= 11 is 4.78. The fourth-order valence-corrected chi connectivity index (χ4v) is 4.19. The zero-order valence-corrected chi connectivity index (χ0v) is 20.0. The van der Waals surface area contributed by atoms with Gasteiger partial charge in [0.1, 0.15) is 11.4 Å². The molecular weight excluding hydrogens is 507 g/mol. The molecule has 0 bridgehead atoms. The maximum Gasteiger partial charge on any atom is 0.417 e. The number of nitrogens with one attached hydrogen (secondary N) is 1. The lowest BCUT2D eigenvalue weighted by Crippen LogP contribution is -2.12. The van der Waals surface area contributed by atoms with E-state index in [9.17, 15) is 18.0 Å². The highest BCUT2D eigenvalue weighted by atomic mass is 79.9. The predicted octanol–water partition coefficient (Wildman–Crippen LogP) is 7.11. The summed E-state index contributed by atoms with van der Waals surface area (Å²) in [5.41, 5.74) is 0.508. The summed E-state index contributed by atoms with van der Waals surface area (Å²) in [6.45, 7) is 4.25.